The van der Waals surface area contributed by atoms with Crippen molar-refractivity contribution >= 4 is 27.0 Å². The number of benzene rings is 1. The Morgan fingerprint density at radius 2 is 2.06 bits per heavy atom. The van der Waals surface area contributed by atoms with Crippen LogP contribution in [-0.2, 0) is 21.2 Å². The molecule has 0 spiro atoms. The smallest absolute Gasteiger partial charge is 0.243 e. The number of hydrogen-bond donors (Lipinski definition) is 1. The largest absolute Gasteiger partial charge is 0.469 e. The Labute approximate surface area is 187 Å². The van der Waals surface area contributed by atoms with Crippen LogP contribution >= 0.6 is 0 Å². The van der Waals surface area contributed by atoms with Crippen molar-refractivity contribution in [3.05, 3.63) is 42.4 Å². The van der Waals surface area contributed by atoms with E-state index in [1.807, 2.05) is 16.8 Å². The highest BCUT2D eigenvalue weighted by atomic mass is 32.2. The summed E-state index contributed by atoms with van der Waals surface area (Å²) in [7, 11) is -3.65. The van der Waals surface area contributed by atoms with Gasteiger partial charge in [-0.2, -0.15) is 4.31 Å². The van der Waals surface area contributed by atoms with Crippen molar-refractivity contribution in [2.45, 2.75) is 50.5 Å². The van der Waals surface area contributed by atoms with Crippen LogP contribution in [0.2, 0.25) is 0 Å². The van der Waals surface area contributed by atoms with Gasteiger partial charge >= 0.3 is 0 Å². The number of sulfonamides is 1. The molecule has 1 unspecified atom stereocenters. The quantitative estimate of drug-likeness (QED) is 0.555. The van der Waals surface area contributed by atoms with Gasteiger partial charge in [0.15, 0.2) is 0 Å². The molecule has 1 fully saturated rings. The van der Waals surface area contributed by atoms with Gasteiger partial charge in [-0.3, -0.25) is 4.79 Å². The molecule has 3 aromatic rings. The van der Waals surface area contributed by atoms with E-state index in [0.29, 0.717) is 44.4 Å². The van der Waals surface area contributed by atoms with Crippen LogP contribution in [0.15, 0.2) is 45.9 Å². The molecule has 1 aromatic carbocycles. The lowest BCUT2D eigenvalue weighted by atomic mass is 9.97. The maximum Gasteiger partial charge on any atom is 0.243 e. The Bertz CT molecular complexity index is 1160. The van der Waals surface area contributed by atoms with Gasteiger partial charge in [0.1, 0.15) is 11.3 Å². The van der Waals surface area contributed by atoms with Crippen LogP contribution in [0.3, 0.4) is 0 Å². The van der Waals surface area contributed by atoms with Crippen LogP contribution in [0.25, 0.3) is 11.0 Å². The highest BCUT2D eigenvalue weighted by molar-refractivity contribution is 7.89. The molecule has 0 bridgehead atoms. The second-order valence-corrected chi connectivity index (χ2v) is 10.2. The van der Waals surface area contributed by atoms with E-state index < -0.39 is 10.0 Å². The van der Waals surface area contributed by atoms with E-state index in [2.05, 4.69) is 29.5 Å². The molecule has 1 amide bonds. The van der Waals surface area contributed by atoms with E-state index in [9.17, 15) is 13.2 Å². The number of carbonyl (C=O) groups excluding carboxylic acids is 1. The summed E-state index contributed by atoms with van der Waals surface area (Å²) in [5.74, 6) is 0.611. The molecule has 0 radical (unpaired) electrons. The molecular weight excluding hydrogens is 430 g/mol. The van der Waals surface area contributed by atoms with E-state index in [4.69, 9.17) is 4.42 Å². The molecule has 1 N–H and O–H groups in total. The number of aromatic nitrogens is 3. The zero-order chi connectivity index (χ0) is 22.7. The number of nitrogens with one attached hydrogen (secondary N) is 1. The van der Waals surface area contributed by atoms with E-state index in [0.717, 1.165) is 17.7 Å². The standard InChI is InChI=1S/C22H29N5O4S/c1-3-16(2)27-21-7-6-19(15-20(21)24-25-27)32(29,30)26-12-9-17(10-13-26)22(28)23-11-8-18-5-4-14-31-18/h4-7,14-17H,3,8-13H2,1-2H3,(H,23,28). The summed E-state index contributed by atoms with van der Waals surface area (Å²) in [6.07, 6.45) is 4.15. The molecule has 0 saturated carbocycles. The Morgan fingerprint density at radius 3 is 2.75 bits per heavy atom. The monoisotopic (exact) mass is 459 g/mol. The third kappa shape index (κ3) is 4.56. The lowest BCUT2D eigenvalue weighted by Gasteiger charge is -2.30. The number of fused-ring (bicyclic) bond motifs is 1. The van der Waals surface area contributed by atoms with Crippen molar-refractivity contribution in [3.63, 3.8) is 0 Å². The van der Waals surface area contributed by atoms with Gasteiger partial charge in [0.2, 0.25) is 15.9 Å². The summed E-state index contributed by atoms with van der Waals surface area (Å²) in [6, 6.07) is 8.85. The first-order chi connectivity index (χ1) is 15.4. The minimum absolute atomic E-state index is 0.0309. The molecule has 4 rings (SSSR count). The van der Waals surface area contributed by atoms with E-state index >= 15 is 0 Å². The van der Waals surface area contributed by atoms with Crippen LogP contribution in [0.1, 0.15) is 44.9 Å². The molecule has 0 aliphatic carbocycles. The van der Waals surface area contributed by atoms with Gasteiger partial charge in [-0.15, -0.1) is 5.10 Å². The normalized spacial score (nSPS) is 16.9. The number of nitrogens with zero attached hydrogens (tertiary/aromatic N) is 4. The number of furan rings is 1. The van der Waals surface area contributed by atoms with Crippen molar-refractivity contribution < 1.29 is 17.6 Å². The minimum atomic E-state index is -3.65. The van der Waals surface area contributed by atoms with Crippen LogP contribution in [0, 0.1) is 5.92 Å². The average molecular weight is 460 g/mol. The Hall–Kier alpha value is -2.72. The zero-order valence-corrected chi connectivity index (χ0v) is 19.2. The number of hydrogen-bond acceptors (Lipinski definition) is 6. The van der Waals surface area contributed by atoms with Crippen LogP contribution in [-0.4, -0.2) is 53.3 Å². The Kier molecular flexibility index (Phi) is 6.61. The molecule has 2 aromatic heterocycles. The summed E-state index contributed by atoms with van der Waals surface area (Å²) in [6.45, 7) is 5.25. The van der Waals surface area contributed by atoms with Crippen LogP contribution < -0.4 is 5.32 Å². The highest BCUT2D eigenvalue weighted by Gasteiger charge is 2.32. The second-order valence-electron chi connectivity index (χ2n) is 8.24. The molecule has 1 saturated heterocycles. The van der Waals surface area contributed by atoms with Gasteiger partial charge in [0.25, 0.3) is 0 Å². The first-order valence-corrected chi connectivity index (χ1v) is 12.5. The minimum Gasteiger partial charge on any atom is -0.469 e. The van der Waals surface area contributed by atoms with Gasteiger partial charge < -0.3 is 9.73 Å². The number of amides is 1. The summed E-state index contributed by atoms with van der Waals surface area (Å²) < 4.78 is 34.9. The molecule has 10 heteroatoms. The van der Waals surface area contributed by atoms with E-state index in [-0.39, 0.29) is 22.8 Å². The van der Waals surface area contributed by atoms with Crippen molar-refractivity contribution in [3.8, 4) is 0 Å². The number of piperidine rings is 1. The molecule has 3 heterocycles. The first kappa shape index (κ1) is 22.5. The van der Waals surface area contributed by atoms with Gasteiger partial charge in [-0.05, 0) is 56.5 Å². The van der Waals surface area contributed by atoms with Crippen molar-refractivity contribution in [2.24, 2.45) is 5.92 Å². The topological polar surface area (TPSA) is 110 Å². The fourth-order valence-electron chi connectivity index (χ4n) is 4.00. The molecule has 172 valence electrons. The summed E-state index contributed by atoms with van der Waals surface area (Å²) in [5, 5.41) is 11.3. The number of carbonyl (C=O) groups is 1. The first-order valence-electron chi connectivity index (χ1n) is 11.1. The summed E-state index contributed by atoms with van der Waals surface area (Å²) >= 11 is 0. The van der Waals surface area contributed by atoms with Crippen molar-refractivity contribution in [1.82, 2.24) is 24.6 Å². The molecule has 1 atom stereocenters. The average Bonchev–Trinajstić information content (AvgIpc) is 3.48. The molecule has 1 aliphatic rings. The Balaban J connectivity index is 1.36. The fraction of sp³-hybridized carbons (Fsp3) is 0.500. The maximum absolute atomic E-state index is 13.2. The second kappa shape index (κ2) is 9.41. The highest BCUT2D eigenvalue weighted by Crippen LogP contribution is 2.26. The Morgan fingerprint density at radius 1 is 1.28 bits per heavy atom. The third-order valence-electron chi connectivity index (χ3n) is 6.16. The van der Waals surface area contributed by atoms with Gasteiger partial charge in [0.05, 0.1) is 22.7 Å². The fourth-order valence-corrected chi connectivity index (χ4v) is 5.49. The summed E-state index contributed by atoms with van der Waals surface area (Å²) in [4.78, 5) is 12.7. The van der Waals surface area contributed by atoms with Crippen molar-refractivity contribution in [1.29, 1.82) is 0 Å². The van der Waals surface area contributed by atoms with Gasteiger partial charge in [-0.1, -0.05) is 12.1 Å². The SMILES string of the molecule is CCC(C)n1nnc2cc(S(=O)(=O)N3CCC(C(=O)NCCc4ccco4)CC3)ccc21. The molecular formula is C22H29N5O4S. The van der Waals surface area contributed by atoms with Gasteiger partial charge in [-0.25, -0.2) is 13.1 Å². The predicted molar refractivity (Wildman–Crippen MR) is 119 cm³/mol. The lowest BCUT2D eigenvalue weighted by molar-refractivity contribution is -0.126. The molecule has 1 aliphatic heterocycles. The number of rotatable bonds is 8. The summed E-state index contributed by atoms with van der Waals surface area (Å²) in [5.41, 5.74) is 1.39. The molecule has 32 heavy (non-hydrogen) atoms. The van der Waals surface area contributed by atoms with Crippen LogP contribution in [0.4, 0.5) is 0 Å². The van der Waals surface area contributed by atoms with Crippen molar-refractivity contribution in [2.75, 3.05) is 19.6 Å². The third-order valence-corrected chi connectivity index (χ3v) is 8.06. The predicted octanol–water partition coefficient (Wildman–Crippen LogP) is 2.75. The zero-order valence-electron chi connectivity index (χ0n) is 18.4. The maximum atomic E-state index is 13.2. The van der Waals surface area contributed by atoms with E-state index in [1.54, 1.807) is 24.5 Å². The van der Waals surface area contributed by atoms with E-state index in [1.165, 1.54) is 4.31 Å². The molecule has 9 nitrogen and oxygen atoms in total. The van der Waals surface area contributed by atoms with Crippen LogP contribution in [0.5, 0.6) is 0 Å². The lowest BCUT2D eigenvalue weighted by Crippen LogP contribution is -2.43. The van der Waals surface area contributed by atoms with Gasteiger partial charge in [0, 0.05) is 32.0 Å².